The highest BCUT2D eigenvalue weighted by Crippen LogP contribution is 2.38. The first-order valence-electron chi connectivity index (χ1n) is 11.0. The molecule has 1 aliphatic heterocycles. The lowest BCUT2D eigenvalue weighted by atomic mass is 9.97. The normalized spacial score (nSPS) is 15.8. The fourth-order valence-corrected chi connectivity index (χ4v) is 4.16. The third-order valence-electron chi connectivity index (χ3n) is 5.94. The molecule has 6 nitrogen and oxygen atoms in total. The topological polar surface area (TPSA) is 63.0 Å². The van der Waals surface area contributed by atoms with E-state index in [9.17, 15) is 9.59 Å². The quantitative estimate of drug-likeness (QED) is 0.579. The van der Waals surface area contributed by atoms with E-state index in [1.807, 2.05) is 83.1 Å². The van der Waals surface area contributed by atoms with Crippen LogP contribution in [0.25, 0.3) is 11.0 Å². The molecule has 2 heterocycles. The van der Waals surface area contributed by atoms with Gasteiger partial charge in [-0.15, -0.1) is 0 Å². The minimum absolute atomic E-state index is 0.0660. The van der Waals surface area contributed by atoms with E-state index >= 15 is 0 Å². The van der Waals surface area contributed by atoms with E-state index in [-0.39, 0.29) is 23.2 Å². The van der Waals surface area contributed by atoms with Crippen LogP contribution in [0.1, 0.15) is 52.7 Å². The lowest BCUT2D eigenvalue weighted by Gasteiger charge is -2.26. The Morgan fingerprint density at radius 1 is 1.06 bits per heavy atom. The summed E-state index contributed by atoms with van der Waals surface area (Å²) in [4.78, 5) is 30.8. The largest absolute Gasteiger partial charge is 0.491 e. The van der Waals surface area contributed by atoms with E-state index in [1.54, 1.807) is 4.90 Å². The smallest absolute Gasteiger partial charge is 0.290 e. The van der Waals surface area contributed by atoms with Crippen molar-refractivity contribution in [3.05, 3.63) is 74.6 Å². The van der Waals surface area contributed by atoms with Crippen molar-refractivity contribution >= 4 is 16.9 Å². The van der Waals surface area contributed by atoms with E-state index in [0.29, 0.717) is 29.6 Å². The Morgan fingerprint density at radius 3 is 2.34 bits per heavy atom. The third kappa shape index (κ3) is 3.91. The number of rotatable bonds is 6. The van der Waals surface area contributed by atoms with E-state index in [0.717, 1.165) is 22.4 Å². The van der Waals surface area contributed by atoms with Crippen molar-refractivity contribution in [3.63, 3.8) is 0 Å². The standard InChI is InChI=1S/C26H30N2O4/c1-15(2)31-19-9-7-18(8-10-19)23-22-24(29)20-13-16(3)17(4)14-21(20)32-25(22)26(30)28(23)12-11-27(5)6/h7-10,13-15,23H,11-12H2,1-6H3/t23-/m1/s1. The van der Waals surface area contributed by atoms with Crippen LogP contribution >= 0.6 is 0 Å². The van der Waals surface area contributed by atoms with Crippen LogP contribution in [0.2, 0.25) is 0 Å². The molecule has 0 bridgehead atoms. The van der Waals surface area contributed by atoms with Gasteiger partial charge in [0.1, 0.15) is 11.3 Å². The van der Waals surface area contributed by atoms with Gasteiger partial charge in [0.25, 0.3) is 5.91 Å². The molecule has 3 aromatic rings. The molecule has 0 saturated carbocycles. The Hall–Kier alpha value is -3.12. The van der Waals surface area contributed by atoms with Crippen molar-refractivity contribution in [2.45, 2.75) is 39.8 Å². The highest BCUT2D eigenvalue weighted by Gasteiger charge is 2.42. The summed E-state index contributed by atoms with van der Waals surface area (Å²) in [5.41, 5.74) is 3.64. The van der Waals surface area contributed by atoms with E-state index < -0.39 is 6.04 Å². The van der Waals surface area contributed by atoms with Crippen LogP contribution < -0.4 is 10.2 Å². The zero-order valence-corrected chi connectivity index (χ0v) is 19.6. The van der Waals surface area contributed by atoms with Crippen molar-refractivity contribution < 1.29 is 13.9 Å². The number of likely N-dealkylation sites (N-methyl/N-ethyl adjacent to an activating group) is 1. The van der Waals surface area contributed by atoms with Gasteiger partial charge in [-0.05, 0) is 82.7 Å². The molecule has 0 fully saturated rings. The fourth-order valence-electron chi connectivity index (χ4n) is 4.16. The molecule has 2 aromatic carbocycles. The molecule has 0 N–H and O–H groups in total. The molecule has 0 unspecified atom stereocenters. The number of benzene rings is 2. The van der Waals surface area contributed by atoms with Gasteiger partial charge in [-0.2, -0.15) is 0 Å². The maximum atomic E-state index is 13.6. The summed E-state index contributed by atoms with van der Waals surface area (Å²) in [6, 6.07) is 10.8. The average molecular weight is 435 g/mol. The molecule has 1 amide bonds. The van der Waals surface area contributed by atoms with Crippen molar-refractivity contribution in [1.29, 1.82) is 0 Å². The number of hydrogen-bond acceptors (Lipinski definition) is 5. The number of carbonyl (C=O) groups excluding carboxylic acids is 1. The Bertz CT molecular complexity index is 1230. The number of hydrogen-bond donors (Lipinski definition) is 0. The molecule has 0 spiro atoms. The molecule has 0 radical (unpaired) electrons. The monoisotopic (exact) mass is 434 g/mol. The fraction of sp³-hybridized carbons (Fsp3) is 0.385. The predicted molar refractivity (Wildman–Crippen MR) is 126 cm³/mol. The van der Waals surface area contributed by atoms with Crippen LogP contribution in [0.4, 0.5) is 0 Å². The van der Waals surface area contributed by atoms with Crippen molar-refractivity contribution in [1.82, 2.24) is 9.80 Å². The highest BCUT2D eigenvalue weighted by molar-refractivity contribution is 5.99. The lowest BCUT2D eigenvalue weighted by Crippen LogP contribution is -2.35. The molecule has 1 aliphatic rings. The van der Waals surface area contributed by atoms with E-state index in [4.69, 9.17) is 9.15 Å². The van der Waals surface area contributed by atoms with Crippen LogP contribution in [-0.2, 0) is 0 Å². The second-order valence-corrected chi connectivity index (χ2v) is 9.05. The second kappa shape index (κ2) is 8.43. The van der Waals surface area contributed by atoms with Crippen LogP contribution in [0.15, 0.2) is 45.6 Å². The Kier molecular flexibility index (Phi) is 5.82. The van der Waals surface area contributed by atoms with Crippen molar-refractivity contribution in [2.75, 3.05) is 27.2 Å². The number of carbonyl (C=O) groups is 1. The van der Waals surface area contributed by atoms with E-state index in [2.05, 4.69) is 0 Å². The third-order valence-corrected chi connectivity index (χ3v) is 5.94. The minimum Gasteiger partial charge on any atom is -0.491 e. The lowest BCUT2D eigenvalue weighted by molar-refractivity contribution is 0.0716. The summed E-state index contributed by atoms with van der Waals surface area (Å²) in [7, 11) is 3.92. The van der Waals surface area contributed by atoms with Crippen molar-refractivity contribution in [3.8, 4) is 5.75 Å². The van der Waals surface area contributed by atoms with Crippen LogP contribution in [0, 0.1) is 13.8 Å². The number of amides is 1. The van der Waals surface area contributed by atoms with Gasteiger partial charge in [0, 0.05) is 13.1 Å². The van der Waals surface area contributed by atoms with Crippen LogP contribution in [0.5, 0.6) is 5.75 Å². The number of nitrogens with zero attached hydrogens (tertiary/aromatic N) is 2. The van der Waals surface area contributed by atoms with Crippen LogP contribution in [0.3, 0.4) is 0 Å². The maximum absolute atomic E-state index is 13.6. The number of fused-ring (bicyclic) bond motifs is 2. The summed E-state index contributed by atoms with van der Waals surface area (Å²) in [6.07, 6.45) is 0.0660. The van der Waals surface area contributed by atoms with Gasteiger partial charge in [0.2, 0.25) is 5.76 Å². The van der Waals surface area contributed by atoms with Gasteiger partial charge in [-0.3, -0.25) is 9.59 Å². The highest BCUT2D eigenvalue weighted by atomic mass is 16.5. The van der Waals surface area contributed by atoms with Gasteiger partial charge in [0.15, 0.2) is 5.43 Å². The minimum atomic E-state index is -0.493. The maximum Gasteiger partial charge on any atom is 0.290 e. The predicted octanol–water partition coefficient (Wildman–Crippen LogP) is 4.30. The summed E-state index contributed by atoms with van der Waals surface area (Å²) in [6.45, 7) is 9.05. The number of ether oxygens (including phenoxy) is 1. The SMILES string of the molecule is Cc1cc2oc3c(c(=O)c2cc1C)[C@@H](c1ccc(OC(C)C)cc1)N(CCN(C)C)C3=O. The van der Waals surface area contributed by atoms with Gasteiger partial charge in [-0.25, -0.2) is 0 Å². The summed E-state index contributed by atoms with van der Waals surface area (Å²) in [5, 5.41) is 0.513. The van der Waals surface area contributed by atoms with Gasteiger partial charge >= 0.3 is 0 Å². The van der Waals surface area contributed by atoms with Crippen LogP contribution in [-0.4, -0.2) is 49.0 Å². The molecule has 4 rings (SSSR count). The van der Waals surface area contributed by atoms with E-state index in [1.165, 1.54) is 0 Å². The molecule has 1 aromatic heterocycles. The van der Waals surface area contributed by atoms with Gasteiger partial charge in [0.05, 0.1) is 23.1 Å². The zero-order chi connectivity index (χ0) is 23.2. The molecule has 6 heteroatoms. The Balaban J connectivity index is 1.88. The molecular weight excluding hydrogens is 404 g/mol. The molecule has 0 saturated heterocycles. The molecular formula is C26H30N2O4. The zero-order valence-electron chi connectivity index (χ0n) is 19.6. The van der Waals surface area contributed by atoms with Gasteiger partial charge in [-0.1, -0.05) is 12.1 Å². The van der Waals surface area contributed by atoms with Gasteiger partial charge < -0.3 is 19.0 Å². The molecule has 168 valence electrons. The first kappa shape index (κ1) is 22.1. The second-order valence-electron chi connectivity index (χ2n) is 9.05. The Labute approximate surface area is 188 Å². The Morgan fingerprint density at radius 2 is 1.72 bits per heavy atom. The summed E-state index contributed by atoms with van der Waals surface area (Å²) in [5.74, 6) is 0.661. The molecule has 1 atom stereocenters. The summed E-state index contributed by atoms with van der Waals surface area (Å²) >= 11 is 0. The molecule has 32 heavy (non-hydrogen) atoms. The molecule has 0 aliphatic carbocycles. The summed E-state index contributed by atoms with van der Waals surface area (Å²) < 4.78 is 11.8. The number of aryl methyl sites for hydroxylation is 2. The first-order valence-corrected chi connectivity index (χ1v) is 11.0. The first-order chi connectivity index (χ1) is 15.2. The van der Waals surface area contributed by atoms with Crippen molar-refractivity contribution in [2.24, 2.45) is 0 Å². The average Bonchev–Trinajstić information content (AvgIpc) is 3.00.